The number of carbonyl (C=O) groups excluding carboxylic acids is 1. The standard InChI is InChI=1S/C8H7BrN4OS2/c9-5-2-1-4(15-5)3-11-6(14)7-12-13-8(10)16-7/h1-2H,3H2,(H2,10,13)(H,11,14). The first-order chi connectivity index (χ1) is 7.65. The Morgan fingerprint density at radius 2 is 2.25 bits per heavy atom. The van der Waals surface area contributed by atoms with Gasteiger partial charge in [0, 0.05) is 4.88 Å². The fourth-order valence-electron chi connectivity index (χ4n) is 1.02. The van der Waals surface area contributed by atoms with Crippen molar-refractivity contribution >= 4 is 49.6 Å². The fraction of sp³-hybridized carbons (Fsp3) is 0.125. The number of thiophene rings is 1. The van der Waals surface area contributed by atoms with Crippen LogP contribution >= 0.6 is 38.6 Å². The summed E-state index contributed by atoms with van der Waals surface area (Å²) in [5, 5.41) is 10.6. The number of hydrogen-bond acceptors (Lipinski definition) is 6. The lowest BCUT2D eigenvalue weighted by atomic mass is 10.4. The largest absolute Gasteiger partial charge is 0.374 e. The van der Waals surface area contributed by atoms with Crippen LogP contribution in [-0.2, 0) is 6.54 Å². The molecule has 16 heavy (non-hydrogen) atoms. The highest BCUT2D eigenvalue weighted by Crippen LogP contribution is 2.21. The minimum atomic E-state index is -0.251. The molecule has 0 aliphatic heterocycles. The molecular weight excluding hydrogens is 312 g/mol. The zero-order valence-corrected chi connectivity index (χ0v) is 11.2. The number of nitrogen functional groups attached to an aromatic ring is 1. The van der Waals surface area contributed by atoms with E-state index in [4.69, 9.17) is 5.73 Å². The van der Waals surface area contributed by atoms with E-state index in [-0.39, 0.29) is 10.9 Å². The summed E-state index contributed by atoms with van der Waals surface area (Å²) >= 11 is 6.00. The molecule has 3 N–H and O–H groups in total. The van der Waals surface area contributed by atoms with Crippen LogP contribution in [0, 0.1) is 0 Å². The van der Waals surface area contributed by atoms with Gasteiger partial charge in [0.2, 0.25) is 10.1 Å². The maximum Gasteiger partial charge on any atom is 0.282 e. The first-order valence-electron chi connectivity index (χ1n) is 4.26. The van der Waals surface area contributed by atoms with E-state index in [0.29, 0.717) is 11.7 Å². The van der Waals surface area contributed by atoms with Crippen LogP contribution in [0.1, 0.15) is 14.7 Å². The van der Waals surface area contributed by atoms with Crippen molar-refractivity contribution in [3.63, 3.8) is 0 Å². The second-order valence-electron chi connectivity index (χ2n) is 2.83. The Morgan fingerprint density at radius 1 is 1.44 bits per heavy atom. The van der Waals surface area contributed by atoms with Crippen LogP contribution in [0.2, 0.25) is 0 Å². The van der Waals surface area contributed by atoms with E-state index in [1.165, 1.54) is 0 Å². The number of amides is 1. The molecule has 2 rings (SSSR count). The molecule has 2 heterocycles. The van der Waals surface area contributed by atoms with Crippen molar-refractivity contribution in [1.82, 2.24) is 15.5 Å². The highest BCUT2D eigenvalue weighted by molar-refractivity contribution is 9.11. The Bertz CT molecular complexity index is 510. The summed E-state index contributed by atoms with van der Waals surface area (Å²) in [6.45, 7) is 0.481. The summed E-state index contributed by atoms with van der Waals surface area (Å²) in [6.07, 6.45) is 0. The third kappa shape index (κ3) is 2.77. The predicted molar refractivity (Wildman–Crippen MR) is 67.5 cm³/mol. The number of nitrogens with zero attached hydrogens (tertiary/aromatic N) is 2. The van der Waals surface area contributed by atoms with Crippen molar-refractivity contribution in [3.8, 4) is 0 Å². The molecule has 0 aliphatic carbocycles. The maximum absolute atomic E-state index is 11.6. The molecule has 0 radical (unpaired) electrons. The van der Waals surface area contributed by atoms with E-state index < -0.39 is 0 Å². The molecule has 0 fully saturated rings. The number of anilines is 1. The van der Waals surface area contributed by atoms with Gasteiger partial charge in [0.15, 0.2) is 0 Å². The quantitative estimate of drug-likeness (QED) is 0.905. The zero-order valence-electron chi connectivity index (χ0n) is 7.94. The van der Waals surface area contributed by atoms with Crippen LogP contribution in [0.15, 0.2) is 15.9 Å². The third-order valence-corrected chi connectivity index (χ3v) is 4.06. The SMILES string of the molecule is Nc1nnc(C(=O)NCc2ccc(Br)s2)s1. The van der Waals surface area contributed by atoms with Gasteiger partial charge in [0.1, 0.15) is 0 Å². The van der Waals surface area contributed by atoms with E-state index in [1.54, 1.807) is 11.3 Å². The van der Waals surface area contributed by atoms with Gasteiger partial charge in [-0.1, -0.05) is 11.3 Å². The molecule has 0 aliphatic rings. The number of aromatic nitrogens is 2. The fourth-order valence-corrected chi connectivity index (χ4v) is 2.97. The van der Waals surface area contributed by atoms with E-state index >= 15 is 0 Å². The molecule has 0 aromatic carbocycles. The number of hydrogen-bond donors (Lipinski definition) is 2. The summed E-state index contributed by atoms with van der Waals surface area (Å²) in [7, 11) is 0. The van der Waals surface area contributed by atoms with Crippen LogP contribution in [0.25, 0.3) is 0 Å². The van der Waals surface area contributed by atoms with Crippen LogP contribution < -0.4 is 11.1 Å². The molecule has 0 spiro atoms. The molecular formula is C8H7BrN4OS2. The van der Waals surface area contributed by atoms with E-state index in [9.17, 15) is 4.79 Å². The second-order valence-corrected chi connectivity index (χ2v) is 6.39. The smallest absolute Gasteiger partial charge is 0.282 e. The molecule has 0 saturated heterocycles. The normalized spacial score (nSPS) is 10.3. The highest BCUT2D eigenvalue weighted by Gasteiger charge is 2.11. The van der Waals surface area contributed by atoms with Crippen LogP contribution in [-0.4, -0.2) is 16.1 Å². The minimum Gasteiger partial charge on any atom is -0.374 e. The van der Waals surface area contributed by atoms with E-state index in [2.05, 4.69) is 31.4 Å². The van der Waals surface area contributed by atoms with Crippen molar-refractivity contribution in [1.29, 1.82) is 0 Å². The predicted octanol–water partition coefficient (Wildman–Crippen LogP) is 1.87. The van der Waals surface area contributed by atoms with Crippen molar-refractivity contribution in [2.45, 2.75) is 6.54 Å². The summed E-state index contributed by atoms with van der Waals surface area (Å²) < 4.78 is 1.04. The molecule has 0 atom stereocenters. The van der Waals surface area contributed by atoms with Gasteiger partial charge in [-0.2, -0.15) is 0 Å². The Kier molecular flexibility index (Phi) is 3.52. The van der Waals surface area contributed by atoms with Gasteiger partial charge in [-0.3, -0.25) is 4.79 Å². The van der Waals surface area contributed by atoms with E-state index in [1.807, 2.05) is 12.1 Å². The average molecular weight is 319 g/mol. The highest BCUT2D eigenvalue weighted by atomic mass is 79.9. The number of rotatable bonds is 3. The van der Waals surface area contributed by atoms with Gasteiger partial charge < -0.3 is 11.1 Å². The summed E-state index contributed by atoms with van der Waals surface area (Å²) in [6, 6.07) is 3.89. The molecule has 0 saturated carbocycles. The van der Waals surface area contributed by atoms with Gasteiger partial charge in [-0.25, -0.2) is 0 Å². The molecule has 84 valence electrons. The van der Waals surface area contributed by atoms with Gasteiger partial charge in [-0.15, -0.1) is 21.5 Å². The molecule has 8 heteroatoms. The van der Waals surface area contributed by atoms with Crippen LogP contribution in [0.4, 0.5) is 5.13 Å². The Labute approximate surface area is 108 Å². The third-order valence-electron chi connectivity index (χ3n) is 1.69. The Morgan fingerprint density at radius 3 is 2.81 bits per heavy atom. The Balaban J connectivity index is 1.93. The lowest BCUT2D eigenvalue weighted by molar-refractivity contribution is 0.0950. The second kappa shape index (κ2) is 4.89. The van der Waals surface area contributed by atoms with Crippen LogP contribution in [0.5, 0.6) is 0 Å². The molecule has 2 aromatic rings. The summed E-state index contributed by atoms with van der Waals surface area (Å²) in [5.74, 6) is -0.251. The summed E-state index contributed by atoms with van der Waals surface area (Å²) in [4.78, 5) is 12.6. The Hall–Kier alpha value is -0.990. The van der Waals surface area contributed by atoms with Crippen LogP contribution in [0.3, 0.4) is 0 Å². The van der Waals surface area contributed by atoms with Gasteiger partial charge in [0.25, 0.3) is 5.91 Å². The van der Waals surface area contributed by atoms with Crippen molar-refractivity contribution in [3.05, 3.63) is 25.8 Å². The van der Waals surface area contributed by atoms with Crippen molar-refractivity contribution in [2.24, 2.45) is 0 Å². The van der Waals surface area contributed by atoms with Gasteiger partial charge >= 0.3 is 0 Å². The van der Waals surface area contributed by atoms with Crippen molar-refractivity contribution < 1.29 is 4.79 Å². The average Bonchev–Trinajstić information content (AvgIpc) is 2.84. The number of halogens is 1. The molecule has 5 nitrogen and oxygen atoms in total. The molecule has 0 unspecified atom stereocenters. The maximum atomic E-state index is 11.6. The molecule has 0 bridgehead atoms. The first-order valence-corrected chi connectivity index (χ1v) is 6.69. The number of nitrogens with one attached hydrogen (secondary N) is 1. The lowest BCUT2D eigenvalue weighted by Crippen LogP contribution is -2.22. The molecule has 1 amide bonds. The lowest BCUT2D eigenvalue weighted by Gasteiger charge is -1.98. The number of nitrogens with two attached hydrogens (primary N) is 1. The van der Waals surface area contributed by atoms with Gasteiger partial charge in [0.05, 0.1) is 10.3 Å². The van der Waals surface area contributed by atoms with Crippen molar-refractivity contribution in [2.75, 3.05) is 5.73 Å². The topological polar surface area (TPSA) is 80.9 Å². The molecule has 2 aromatic heterocycles. The van der Waals surface area contributed by atoms with Gasteiger partial charge in [-0.05, 0) is 28.1 Å². The minimum absolute atomic E-state index is 0.251. The summed E-state index contributed by atoms with van der Waals surface area (Å²) in [5.41, 5.74) is 5.39. The van der Waals surface area contributed by atoms with E-state index in [0.717, 1.165) is 20.0 Å². The number of carbonyl (C=O) groups is 1. The first kappa shape index (κ1) is 11.5. The monoisotopic (exact) mass is 318 g/mol. The zero-order chi connectivity index (χ0) is 11.5.